The lowest BCUT2D eigenvalue weighted by molar-refractivity contribution is -0.0373. The minimum absolute atomic E-state index is 0.210. The third-order valence-corrected chi connectivity index (χ3v) is 4.35. The average molecular weight is 246 g/mol. The summed E-state index contributed by atoms with van der Waals surface area (Å²) in [6, 6.07) is 11.0. The predicted molar refractivity (Wildman–Crippen MR) is 72.6 cm³/mol. The van der Waals surface area contributed by atoms with Crippen molar-refractivity contribution in [2.45, 2.75) is 18.4 Å². The zero-order valence-corrected chi connectivity index (χ0v) is 10.9. The summed E-state index contributed by atoms with van der Waals surface area (Å²) in [5.41, 5.74) is 1.68. The molecule has 3 rings (SSSR count). The molecule has 3 nitrogen and oxygen atoms in total. The van der Waals surface area contributed by atoms with Gasteiger partial charge >= 0.3 is 0 Å². The third-order valence-electron chi connectivity index (χ3n) is 4.35. The van der Waals surface area contributed by atoms with E-state index in [4.69, 9.17) is 4.74 Å². The molecule has 3 heteroatoms. The van der Waals surface area contributed by atoms with Gasteiger partial charge in [0.2, 0.25) is 0 Å². The van der Waals surface area contributed by atoms with Gasteiger partial charge in [0.15, 0.2) is 0 Å². The highest BCUT2D eigenvalue weighted by molar-refractivity contribution is 5.25. The van der Waals surface area contributed by atoms with Crippen LogP contribution >= 0.6 is 0 Å². The summed E-state index contributed by atoms with van der Waals surface area (Å²) < 4.78 is 5.59. The van der Waals surface area contributed by atoms with Crippen LogP contribution in [0.25, 0.3) is 0 Å². The van der Waals surface area contributed by atoms with Gasteiger partial charge in [-0.05, 0) is 18.4 Å². The summed E-state index contributed by atoms with van der Waals surface area (Å²) >= 11 is 0. The Hall–Kier alpha value is -0.900. The van der Waals surface area contributed by atoms with E-state index in [1.807, 2.05) is 0 Å². The normalized spacial score (nSPS) is 24.9. The largest absolute Gasteiger partial charge is 0.381 e. The van der Waals surface area contributed by atoms with Crippen LogP contribution in [0.15, 0.2) is 30.3 Å². The fourth-order valence-corrected chi connectivity index (χ4v) is 3.34. The first-order valence-corrected chi connectivity index (χ1v) is 7.01. The van der Waals surface area contributed by atoms with Crippen LogP contribution in [0, 0.1) is 0 Å². The van der Waals surface area contributed by atoms with E-state index in [1.54, 1.807) is 0 Å². The van der Waals surface area contributed by atoms with Gasteiger partial charge in [0, 0.05) is 39.4 Å². The van der Waals surface area contributed by atoms with Crippen LogP contribution in [0.4, 0.5) is 0 Å². The molecule has 18 heavy (non-hydrogen) atoms. The Kier molecular flexibility index (Phi) is 3.64. The zero-order chi connectivity index (χ0) is 12.3. The molecule has 1 aromatic rings. The number of hydrogen-bond acceptors (Lipinski definition) is 3. The van der Waals surface area contributed by atoms with Gasteiger partial charge in [-0.15, -0.1) is 0 Å². The first-order valence-electron chi connectivity index (χ1n) is 7.01. The summed E-state index contributed by atoms with van der Waals surface area (Å²) in [5.74, 6) is 0. The van der Waals surface area contributed by atoms with E-state index in [-0.39, 0.29) is 5.54 Å². The van der Waals surface area contributed by atoms with E-state index in [9.17, 15) is 0 Å². The van der Waals surface area contributed by atoms with Crippen molar-refractivity contribution in [2.75, 3.05) is 39.4 Å². The molecular formula is C15H22N2O. The number of rotatable bonds is 2. The van der Waals surface area contributed by atoms with E-state index < -0.39 is 0 Å². The lowest BCUT2D eigenvalue weighted by Crippen LogP contribution is -2.56. The fraction of sp³-hybridized carbons (Fsp3) is 0.600. The second-order valence-corrected chi connectivity index (χ2v) is 5.25. The molecular weight excluding hydrogens is 224 g/mol. The van der Waals surface area contributed by atoms with Crippen molar-refractivity contribution in [3.63, 3.8) is 0 Å². The molecule has 0 aromatic heterocycles. The molecule has 0 bridgehead atoms. The van der Waals surface area contributed by atoms with Gasteiger partial charge in [0.05, 0.1) is 5.54 Å². The molecule has 2 aliphatic rings. The Balaban J connectivity index is 1.92. The quantitative estimate of drug-likeness (QED) is 0.858. The Bertz CT molecular complexity index is 367. The molecule has 0 aliphatic carbocycles. The van der Waals surface area contributed by atoms with Crippen molar-refractivity contribution in [2.24, 2.45) is 0 Å². The molecule has 0 spiro atoms. The third kappa shape index (κ3) is 2.18. The average Bonchev–Trinajstić information content (AvgIpc) is 2.50. The fourth-order valence-electron chi connectivity index (χ4n) is 3.34. The van der Waals surface area contributed by atoms with Crippen LogP contribution in [-0.2, 0) is 10.3 Å². The molecule has 2 saturated heterocycles. The molecule has 2 fully saturated rings. The van der Waals surface area contributed by atoms with E-state index >= 15 is 0 Å². The van der Waals surface area contributed by atoms with Gasteiger partial charge in [-0.2, -0.15) is 0 Å². The maximum atomic E-state index is 5.59. The van der Waals surface area contributed by atoms with Crippen molar-refractivity contribution in [3.05, 3.63) is 35.9 Å². The van der Waals surface area contributed by atoms with E-state index in [1.165, 1.54) is 5.56 Å². The minimum atomic E-state index is 0.210. The minimum Gasteiger partial charge on any atom is -0.381 e. The summed E-state index contributed by atoms with van der Waals surface area (Å²) in [5, 5.41) is 3.45. The van der Waals surface area contributed by atoms with E-state index in [0.29, 0.717) is 0 Å². The smallest absolute Gasteiger partial charge is 0.0505 e. The molecule has 0 saturated carbocycles. The van der Waals surface area contributed by atoms with Crippen molar-refractivity contribution in [1.29, 1.82) is 0 Å². The number of nitrogens with zero attached hydrogens (tertiary/aromatic N) is 1. The lowest BCUT2D eigenvalue weighted by Gasteiger charge is -2.48. The molecule has 2 aliphatic heterocycles. The number of hydrogen-bond donors (Lipinski definition) is 1. The maximum absolute atomic E-state index is 5.59. The highest BCUT2D eigenvalue weighted by Crippen LogP contribution is 2.38. The second-order valence-electron chi connectivity index (χ2n) is 5.25. The number of nitrogens with one attached hydrogen (secondary N) is 1. The summed E-state index contributed by atoms with van der Waals surface area (Å²) in [4.78, 5) is 2.67. The van der Waals surface area contributed by atoms with Gasteiger partial charge in [-0.3, -0.25) is 4.90 Å². The SMILES string of the molecule is c1ccc(C2(N3CCNCC3)CCOCC2)cc1. The highest BCUT2D eigenvalue weighted by atomic mass is 16.5. The summed E-state index contributed by atoms with van der Waals surface area (Å²) in [7, 11) is 0. The Labute approximate surface area is 109 Å². The first-order chi connectivity index (χ1) is 8.92. The van der Waals surface area contributed by atoms with Crippen LogP contribution < -0.4 is 5.32 Å². The molecule has 98 valence electrons. The molecule has 0 radical (unpaired) electrons. The summed E-state index contributed by atoms with van der Waals surface area (Å²) in [6.45, 7) is 6.28. The highest BCUT2D eigenvalue weighted by Gasteiger charge is 2.40. The number of benzene rings is 1. The van der Waals surface area contributed by atoms with Crippen LogP contribution in [-0.4, -0.2) is 44.3 Å². The Morgan fingerprint density at radius 3 is 2.33 bits per heavy atom. The maximum Gasteiger partial charge on any atom is 0.0505 e. The van der Waals surface area contributed by atoms with Gasteiger partial charge in [0.25, 0.3) is 0 Å². The topological polar surface area (TPSA) is 24.5 Å². The molecule has 0 amide bonds. The molecule has 1 aromatic carbocycles. The van der Waals surface area contributed by atoms with Crippen LogP contribution in [0.2, 0.25) is 0 Å². The van der Waals surface area contributed by atoms with Crippen molar-refractivity contribution in [1.82, 2.24) is 10.2 Å². The lowest BCUT2D eigenvalue weighted by atomic mass is 9.80. The molecule has 2 heterocycles. The Morgan fingerprint density at radius 2 is 1.67 bits per heavy atom. The van der Waals surface area contributed by atoms with Gasteiger partial charge < -0.3 is 10.1 Å². The molecule has 0 atom stereocenters. The molecule has 1 N–H and O–H groups in total. The Morgan fingerprint density at radius 1 is 1.00 bits per heavy atom. The number of ether oxygens (including phenoxy) is 1. The van der Waals surface area contributed by atoms with Crippen molar-refractivity contribution >= 4 is 0 Å². The molecule has 0 unspecified atom stereocenters. The standard InChI is InChI=1S/C15H22N2O/c1-2-4-14(5-3-1)15(6-12-18-13-7-15)17-10-8-16-9-11-17/h1-5,16H,6-13H2. The van der Waals surface area contributed by atoms with Gasteiger partial charge in [0.1, 0.15) is 0 Å². The van der Waals surface area contributed by atoms with Crippen LogP contribution in [0.5, 0.6) is 0 Å². The van der Waals surface area contributed by atoms with Gasteiger partial charge in [-0.25, -0.2) is 0 Å². The van der Waals surface area contributed by atoms with Gasteiger partial charge in [-0.1, -0.05) is 30.3 Å². The van der Waals surface area contributed by atoms with E-state index in [2.05, 4.69) is 40.5 Å². The number of piperazine rings is 1. The zero-order valence-electron chi connectivity index (χ0n) is 10.9. The van der Waals surface area contributed by atoms with Crippen LogP contribution in [0.3, 0.4) is 0 Å². The van der Waals surface area contributed by atoms with Crippen molar-refractivity contribution in [3.8, 4) is 0 Å². The predicted octanol–water partition coefficient (Wildman–Crippen LogP) is 1.60. The first kappa shape index (κ1) is 12.2. The summed E-state index contributed by atoms with van der Waals surface area (Å²) in [6.07, 6.45) is 2.24. The van der Waals surface area contributed by atoms with E-state index in [0.717, 1.165) is 52.2 Å². The monoisotopic (exact) mass is 246 g/mol. The van der Waals surface area contributed by atoms with Crippen LogP contribution in [0.1, 0.15) is 18.4 Å². The van der Waals surface area contributed by atoms with Crippen molar-refractivity contribution < 1.29 is 4.74 Å². The second kappa shape index (κ2) is 5.39.